The second-order valence-corrected chi connectivity index (χ2v) is 3.38. The van der Waals surface area contributed by atoms with Gasteiger partial charge in [-0.15, -0.1) is 0 Å². The molecule has 18 heavy (non-hydrogen) atoms. The standard InChI is InChI=1S/C13H15FO4/c1-4-17-12(15)8-9(2)18-11-7-5-6-10(16-3)13(11)14/h5-8H,4H2,1-3H3/b9-8+. The predicted molar refractivity (Wildman–Crippen MR) is 64.0 cm³/mol. The molecule has 0 aliphatic carbocycles. The maximum absolute atomic E-state index is 13.7. The quantitative estimate of drug-likeness (QED) is 0.460. The van der Waals surface area contributed by atoms with Crippen molar-refractivity contribution in [2.24, 2.45) is 0 Å². The summed E-state index contributed by atoms with van der Waals surface area (Å²) in [7, 11) is 1.36. The Balaban J connectivity index is 2.82. The molecule has 1 aromatic rings. The number of hydrogen-bond acceptors (Lipinski definition) is 4. The summed E-state index contributed by atoms with van der Waals surface area (Å²) >= 11 is 0. The number of esters is 1. The lowest BCUT2D eigenvalue weighted by Crippen LogP contribution is -2.03. The Morgan fingerprint density at radius 1 is 1.39 bits per heavy atom. The average molecular weight is 254 g/mol. The summed E-state index contributed by atoms with van der Waals surface area (Å²) in [4.78, 5) is 11.2. The van der Waals surface area contributed by atoms with E-state index in [1.807, 2.05) is 0 Å². The van der Waals surface area contributed by atoms with Crippen molar-refractivity contribution in [1.82, 2.24) is 0 Å². The molecule has 0 unspecified atom stereocenters. The molecule has 0 fully saturated rings. The summed E-state index contributed by atoms with van der Waals surface area (Å²) < 4.78 is 28.5. The summed E-state index contributed by atoms with van der Waals surface area (Å²) in [6, 6.07) is 4.52. The first-order valence-corrected chi connectivity index (χ1v) is 5.44. The van der Waals surface area contributed by atoms with Crippen LogP contribution in [-0.4, -0.2) is 19.7 Å². The highest BCUT2D eigenvalue weighted by Crippen LogP contribution is 2.27. The van der Waals surface area contributed by atoms with Gasteiger partial charge in [-0.1, -0.05) is 6.07 Å². The van der Waals surface area contributed by atoms with Gasteiger partial charge in [-0.2, -0.15) is 4.39 Å². The predicted octanol–water partition coefficient (Wildman–Crippen LogP) is 2.68. The fourth-order valence-corrected chi connectivity index (χ4v) is 1.28. The van der Waals surface area contributed by atoms with E-state index in [4.69, 9.17) is 14.2 Å². The molecule has 0 spiro atoms. The van der Waals surface area contributed by atoms with Crippen molar-refractivity contribution in [2.75, 3.05) is 13.7 Å². The zero-order chi connectivity index (χ0) is 13.5. The van der Waals surface area contributed by atoms with Crippen LogP contribution < -0.4 is 9.47 Å². The fourth-order valence-electron chi connectivity index (χ4n) is 1.28. The van der Waals surface area contributed by atoms with E-state index in [1.54, 1.807) is 13.0 Å². The van der Waals surface area contributed by atoms with Crippen LogP contribution in [0.4, 0.5) is 4.39 Å². The van der Waals surface area contributed by atoms with Gasteiger partial charge >= 0.3 is 5.97 Å². The van der Waals surface area contributed by atoms with Crippen LogP contribution >= 0.6 is 0 Å². The van der Waals surface area contributed by atoms with Crippen molar-refractivity contribution >= 4 is 5.97 Å². The SMILES string of the molecule is CCOC(=O)/C=C(\C)Oc1cccc(OC)c1F. The monoisotopic (exact) mass is 254 g/mol. The molecule has 5 heteroatoms. The maximum Gasteiger partial charge on any atom is 0.334 e. The normalized spacial score (nSPS) is 11.0. The lowest BCUT2D eigenvalue weighted by molar-refractivity contribution is -0.137. The molecule has 98 valence electrons. The van der Waals surface area contributed by atoms with Gasteiger partial charge in [0.15, 0.2) is 11.5 Å². The first-order chi connectivity index (χ1) is 8.58. The van der Waals surface area contributed by atoms with Crippen LogP contribution in [0.2, 0.25) is 0 Å². The van der Waals surface area contributed by atoms with Crippen molar-refractivity contribution in [3.63, 3.8) is 0 Å². The molecule has 1 rings (SSSR count). The van der Waals surface area contributed by atoms with E-state index in [9.17, 15) is 9.18 Å². The van der Waals surface area contributed by atoms with Gasteiger partial charge < -0.3 is 14.2 Å². The number of ether oxygens (including phenoxy) is 3. The number of rotatable bonds is 5. The summed E-state index contributed by atoms with van der Waals surface area (Å²) in [5.41, 5.74) is 0. The van der Waals surface area contributed by atoms with Crippen molar-refractivity contribution < 1.29 is 23.4 Å². The van der Waals surface area contributed by atoms with E-state index in [0.29, 0.717) is 0 Å². The number of halogens is 1. The van der Waals surface area contributed by atoms with Crippen LogP contribution in [0.15, 0.2) is 30.0 Å². The zero-order valence-electron chi connectivity index (χ0n) is 10.5. The molecule has 4 nitrogen and oxygen atoms in total. The molecule has 0 heterocycles. The molecule has 0 N–H and O–H groups in total. The highest BCUT2D eigenvalue weighted by Gasteiger charge is 2.10. The summed E-state index contributed by atoms with van der Waals surface area (Å²) in [5, 5.41) is 0. The van der Waals surface area contributed by atoms with Crippen LogP contribution in [0.3, 0.4) is 0 Å². The minimum Gasteiger partial charge on any atom is -0.494 e. The first-order valence-electron chi connectivity index (χ1n) is 5.44. The van der Waals surface area contributed by atoms with Gasteiger partial charge in [0.1, 0.15) is 5.76 Å². The van der Waals surface area contributed by atoms with Gasteiger partial charge in [0.05, 0.1) is 19.8 Å². The Kier molecular flexibility index (Phi) is 5.17. The second kappa shape index (κ2) is 6.64. The first kappa shape index (κ1) is 14.0. The van der Waals surface area contributed by atoms with E-state index in [2.05, 4.69) is 0 Å². The molecule has 0 bridgehead atoms. The van der Waals surface area contributed by atoms with Crippen molar-refractivity contribution in [1.29, 1.82) is 0 Å². The topological polar surface area (TPSA) is 44.8 Å². The van der Waals surface area contributed by atoms with Gasteiger partial charge in [0, 0.05) is 0 Å². The van der Waals surface area contributed by atoms with Crippen molar-refractivity contribution in [2.45, 2.75) is 13.8 Å². The largest absolute Gasteiger partial charge is 0.494 e. The van der Waals surface area contributed by atoms with Crippen molar-refractivity contribution in [3.8, 4) is 11.5 Å². The highest BCUT2D eigenvalue weighted by atomic mass is 19.1. The molecular formula is C13H15FO4. The number of benzene rings is 1. The van der Waals surface area contributed by atoms with Gasteiger partial charge in [0.2, 0.25) is 5.82 Å². The Morgan fingerprint density at radius 3 is 2.67 bits per heavy atom. The van der Waals surface area contributed by atoms with Crippen LogP contribution in [-0.2, 0) is 9.53 Å². The third kappa shape index (κ3) is 3.76. The molecule has 0 aromatic heterocycles. The molecule has 0 saturated heterocycles. The minimum absolute atomic E-state index is 0.00704. The maximum atomic E-state index is 13.7. The average Bonchev–Trinajstić information content (AvgIpc) is 2.32. The van der Waals surface area contributed by atoms with Crippen LogP contribution in [0.5, 0.6) is 11.5 Å². The summed E-state index contributed by atoms with van der Waals surface area (Å²) in [6.45, 7) is 3.51. The summed E-state index contributed by atoms with van der Waals surface area (Å²) in [6.07, 6.45) is 1.16. The summed E-state index contributed by atoms with van der Waals surface area (Å²) in [5.74, 6) is -0.834. The van der Waals surface area contributed by atoms with Crippen LogP contribution in [0, 0.1) is 5.82 Å². The number of hydrogen-bond donors (Lipinski definition) is 0. The molecule has 0 saturated carbocycles. The third-order valence-corrected chi connectivity index (χ3v) is 2.03. The van der Waals surface area contributed by atoms with E-state index in [-0.39, 0.29) is 23.9 Å². The lowest BCUT2D eigenvalue weighted by Gasteiger charge is -2.09. The van der Waals surface area contributed by atoms with E-state index < -0.39 is 11.8 Å². The lowest BCUT2D eigenvalue weighted by atomic mass is 10.3. The fraction of sp³-hybridized carbons (Fsp3) is 0.308. The number of carbonyl (C=O) groups excluding carboxylic acids is 1. The Bertz CT molecular complexity index is 454. The van der Waals surface area contributed by atoms with Gasteiger partial charge in [-0.25, -0.2) is 4.79 Å². The van der Waals surface area contributed by atoms with E-state index in [0.717, 1.165) is 6.08 Å². The van der Waals surface area contributed by atoms with Crippen LogP contribution in [0.25, 0.3) is 0 Å². The molecule has 0 atom stereocenters. The smallest absolute Gasteiger partial charge is 0.334 e. The Hall–Kier alpha value is -2.04. The molecular weight excluding hydrogens is 239 g/mol. The van der Waals surface area contributed by atoms with Gasteiger partial charge in [0.25, 0.3) is 0 Å². The molecule has 0 aliphatic heterocycles. The number of allylic oxidation sites excluding steroid dienone is 1. The molecule has 1 aromatic carbocycles. The third-order valence-electron chi connectivity index (χ3n) is 2.03. The number of methoxy groups -OCH3 is 1. The van der Waals surface area contributed by atoms with E-state index in [1.165, 1.54) is 26.2 Å². The molecule has 0 aliphatic rings. The second-order valence-electron chi connectivity index (χ2n) is 3.38. The highest BCUT2D eigenvalue weighted by molar-refractivity contribution is 5.82. The molecule has 0 amide bonds. The number of carbonyl (C=O) groups is 1. The zero-order valence-corrected chi connectivity index (χ0v) is 10.5. The molecule has 0 radical (unpaired) electrons. The van der Waals surface area contributed by atoms with Gasteiger partial charge in [-0.05, 0) is 26.0 Å². The Labute approximate surface area is 105 Å². The Morgan fingerprint density at radius 2 is 2.06 bits per heavy atom. The van der Waals surface area contributed by atoms with Crippen molar-refractivity contribution in [3.05, 3.63) is 35.9 Å². The van der Waals surface area contributed by atoms with Crippen LogP contribution in [0.1, 0.15) is 13.8 Å². The van der Waals surface area contributed by atoms with Gasteiger partial charge in [-0.3, -0.25) is 0 Å². The van der Waals surface area contributed by atoms with E-state index >= 15 is 0 Å². The minimum atomic E-state index is -0.614.